The first-order chi connectivity index (χ1) is 28.8. The van der Waals surface area contributed by atoms with Gasteiger partial charge in [0, 0.05) is 27.6 Å². The van der Waals surface area contributed by atoms with Crippen LogP contribution < -0.4 is 5.32 Å². The largest absolute Gasteiger partial charge is 0.359 e. The lowest BCUT2D eigenvalue weighted by atomic mass is 9.67. The van der Waals surface area contributed by atoms with Gasteiger partial charge in [-0.3, -0.25) is 0 Å². The molecule has 2 aliphatic rings. The normalized spacial score (nSPS) is 15.1. The third-order valence-corrected chi connectivity index (χ3v) is 12.5. The SMILES string of the molecule is c1ccc(C2NC(c3cccc(-n4c5ccccc5c5cc6c(cc54)C(c4ccccc4)(c4ccccc4)c4ccc5ccccc5c4-6)c3)=Nc3ccccc32)cc1. The summed E-state index contributed by atoms with van der Waals surface area (Å²) in [6, 6.07) is 77.6. The van der Waals surface area contributed by atoms with Crippen LogP contribution in [0.2, 0.25) is 0 Å². The molecule has 10 aromatic rings. The Morgan fingerprint density at radius 2 is 1.16 bits per heavy atom. The fourth-order valence-electron chi connectivity index (χ4n) is 10.0. The van der Waals surface area contributed by atoms with Gasteiger partial charge < -0.3 is 9.88 Å². The van der Waals surface area contributed by atoms with Crippen LogP contribution in [0, 0.1) is 0 Å². The average molecular weight is 740 g/mol. The van der Waals surface area contributed by atoms with Gasteiger partial charge in [-0.15, -0.1) is 0 Å². The standard InChI is InChI=1S/C55H37N3/c1-4-18-37(19-5-1)53-44-28-12-14-29-49(44)56-54(57-53)38-20-16-25-41(33-38)58-50-30-15-13-27-43(50)45-34-46-48(35-51(45)58)55(39-21-6-2-7-22-39,40-23-8-3-9-24-40)47-32-31-36-17-10-11-26-42(36)52(46)47/h1-35,53H,(H,56,57). The quantitative estimate of drug-likeness (QED) is 0.187. The Balaban J connectivity index is 1.13. The lowest BCUT2D eigenvalue weighted by molar-refractivity contribution is 0.749. The maximum Gasteiger partial charge on any atom is 0.134 e. The molecule has 1 N–H and O–H groups in total. The molecule has 1 atom stereocenters. The van der Waals surface area contributed by atoms with Crippen LogP contribution in [-0.2, 0) is 5.41 Å². The zero-order valence-corrected chi connectivity index (χ0v) is 31.7. The van der Waals surface area contributed by atoms with Crippen molar-refractivity contribution in [2.24, 2.45) is 4.99 Å². The molecule has 0 saturated heterocycles. The van der Waals surface area contributed by atoms with Crippen molar-refractivity contribution in [3.63, 3.8) is 0 Å². The van der Waals surface area contributed by atoms with Crippen LogP contribution >= 0.6 is 0 Å². The lowest BCUT2D eigenvalue weighted by Crippen LogP contribution is -2.32. The van der Waals surface area contributed by atoms with E-state index in [0.29, 0.717) is 0 Å². The average Bonchev–Trinajstić information content (AvgIpc) is 3.79. The Morgan fingerprint density at radius 1 is 0.483 bits per heavy atom. The Kier molecular flexibility index (Phi) is 7.21. The van der Waals surface area contributed by atoms with E-state index in [0.717, 1.165) is 22.8 Å². The smallest absolute Gasteiger partial charge is 0.134 e. The first kappa shape index (κ1) is 32.7. The van der Waals surface area contributed by atoms with Crippen LogP contribution in [0.25, 0.3) is 49.4 Å². The number of rotatable bonds is 5. The van der Waals surface area contributed by atoms with E-state index in [2.05, 4.69) is 222 Å². The second-order valence-electron chi connectivity index (χ2n) is 15.5. The van der Waals surface area contributed by atoms with Crippen LogP contribution in [0.3, 0.4) is 0 Å². The first-order valence-electron chi connectivity index (χ1n) is 20.1. The summed E-state index contributed by atoms with van der Waals surface area (Å²) in [5.74, 6) is 0.866. The summed E-state index contributed by atoms with van der Waals surface area (Å²) in [5.41, 5.74) is 15.1. The van der Waals surface area contributed by atoms with E-state index in [1.807, 2.05) is 0 Å². The molecule has 272 valence electrons. The Bertz CT molecular complexity index is 3210. The van der Waals surface area contributed by atoms with E-state index in [4.69, 9.17) is 4.99 Å². The predicted molar refractivity (Wildman–Crippen MR) is 240 cm³/mol. The molecule has 0 saturated carbocycles. The highest BCUT2D eigenvalue weighted by Gasteiger charge is 2.47. The van der Waals surface area contributed by atoms with Gasteiger partial charge in [0.05, 0.1) is 28.2 Å². The van der Waals surface area contributed by atoms with E-state index in [1.54, 1.807) is 0 Å². The summed E-state index contributed by atoms with van der Waals surface area (Å²) in [7, 11) is 0. The summed E-state index contributed by atoms with van der Waals surface area (Å²) < 4.78 is 2.46. The molecule has 1 aliphatic carbocycles. The van der Waals surface area contributed by atoms with Crippen molar-refractivity contribution in [1.29, 1.82) is 0 Å². The highest BCUT2D eigenvalue weighted by atomic mass is 15.1. The van der Waals surface area contributed by atoms with Gasteiger partial charge in [-0.05, 0) is 86.1 Å². The topological polar surface area (TPSA) is 29.3 Å². The van der Waals surface area contributed by atoms with Crippen LogP contribution in [0.15, 0.2) is 217 Å². The molecule has 1 aliphatic heterocycles. The lowest BCUT2D eigenvalue weighted by Gasteiger charge is -2.34. The number of hydrogen-bond donors (Lipinski definition) is 1. The molecule has 0 bridgehead atoms. The van der Waals surface area contributed by atoms with Crippen molar-refractivity contribution < 1.29 is 0 Å². The van der Waals surface area contributed by atoms with Crippen molar-refractivity contribution in [3.8, 4) is 16.8 Å². The van der Waals surface area contributed by atoms with Crippen LogP contribution in [0.4, 0.5) is 5.69 Å². The van der Waals surface area contributed by atoms with Crippen molar-refractivity contribution in [3.05, 3.63) is 251 Å². The molecular formula is C55H37N3. The summed E-state index contributed by atoms with van der Waals surface area (Å²) in [4.78, 5) is 5.22. The van der Waals surface area contributed by atoms with Gasteiger partial charge in [-0.1, -0.05) is 176 Å². The highest BCUT2D eigenvalue weighted by molar-refractivity contribution is 6.14. The number of fused-ring (bicyclic) bond motifs is 9. The highest BCUT2D eigenvalue weighted by Crippen LogP contribution is 2.59. The van der Waals surface area contributed by atoms with Gasteiger partial charge in [-0.25, -0.2) is 4.99 Å². The molecule has 58 heavy (non-hydrogen) atoms. The van der Waals surface area contributed by atoms with E-state index in [-0.39, 0.29) is 6.04 Å². The van der Waals surface area contributed by atoms with Gasteiger partial charge in [0.25, 0.3) is 0 Å². The summed E-state index contributed by atoms with van der Waals surface area (Å²) in [6.45, 7) is 0. The molecule has 0 radical (unpaired) electrons. The summed E-state index contributed by atoms with van der Waals surface area (Å²) in [6.07, 6.45) is 0. The third-order valence-electron chi connectivity index (χ3n) is 12.5. The van der Waals surface area contributed by atoms with E-state index in [9.17, 15) is 0 Å². The number of nitrogens with zero attached hydrogens (tertiary/aromatic N) is 2. The molecule has 0 fully saturated rings. The summed E-state index contributed by atoms with van der Waals surface area (Å²) in [5, 5.41) is 8.83. The summed E-state index contributed by atoms with van der Waals surface area (Å²) >= 11 is 0. The van der Waals surface area contributed by atoms with Crippen molar-refractivity contribution in [2.45, 2.75) is 11.5 Å². The van der Waals surface area contributed by atoms with Gasteiger partial charge >= 0.3 is 0 Å². The molecule has 12 rings (SSSR count). The molecule has 0 spiro atoms. The zero-order chi connectivity index (χ0) is 38.2. The molecule has 1 unspecified atom stereocenters. The minimum Gasteiger partial charge on any atom is -0.359 e. The number of aliphatic imine (C=N–C) groups is 1. The Morgan fingerprint density at radius 3 is 1.95 bits per heavy atom. The minimum atomic E-state index is -0.533. The molecular weight excluding hydrogens is 703 g/mol. The number of amidine groups is 1. The second-order valence-corrected chi connectivity index (χ2v) is 15.5. The molecule has 3 nitrogen and oxygen atoms in total. The van der Waals surface area contributed by atoms with Crippen LogP contribution in [-0.4, -0.2) is 10.4 Å². The molecule has 0 amide bonds. The zero-order valence-electron chi connectivity index (χ0n) is 31.7. The van der Waals surface area contributed by atoms with Crippen molar-refractivity contribution >= 4 is 44.1 Å². The second kappa shape index (κ2) is 12.8. The fraction of sp³-hybridized carbons (Fsp3) is 0.0364. The molecule has 2 heterocycles. The van der Waals surface area contributed by atoms with Crippen molar-refractivity contribution in [1.82, 2.24) is 9.88 Å². The van der Waals surface area contributed by atoms with Crippen LogP contribution in [0.5, 0.6) is 0 Å². The molecule has 1 aromatic heterocycles. The maximum atomic E-state index is 5.22. The molecule has 3 heteroatoms. The van der Waals surface area contributed by atoms with Gasteiger partial charge in [0.1, 0.15) is 5.84 Å². The van der Waals surface area contributed by atoms with Gasteiger partial charge in [-0.2, -0.15) is 0 Å². The predicted octanol–water partition coefficient (Wildman–Crippen LogP) is 13.1. The van der Waals surface area contributed by atoms with Crippen LogP contribution in [0.1, 0.15) is 45.0 Å². The van der Waals surface area contributed by atoms with E-state index < -0.39 is 5.41 Å². The Hall–Kier alpha value is -7.49. The minimum absolute atomic E-state index is 0.00816. The molecule has 9 aromatic carbocycles. The maximum absolute atomic E-state index is 5.22. The van der Waals surface area contributed by atoms with Gasteiger partial charge in [0.2, 0.25) is 0 Å². The number of nitrogens with one attached hydrogen (secondary N) is 1. The van der Waals surface area contributed by atoms with Gasteiger partial charge in [0.15, 0.2) is 0 Å². The Labute approximate surface area is 337 Å². The van der Waals surface area contributed by atoms with Crippen molar-refractivity contribution in [2.75, 3.05) is 0 Å². The number of aromatic nitrogens is 1. The number of para-hydroxylation sites is 2. The van der Waals surface area contributed by atoms with E-state index >= 15 is 0 Å². The van der Waals surface area contributed by atoms with E-state index in [1.165, 1.54) is 77.1 Å². The third kappa shape index (κ3) is 4.71. The fourth-order valence-corrected chi connectivity index (χ4v) is 10.0. The first-order valence-corrected chi connectivity index (χ1v) is 20.1. The number of benzene rings is 9. The monoisotopic (exact) mass is 739 g/mol. The number of hydrogen-bond acceptors (Lipinski definition) is 2.